The third-order valence-electron chi connectivity index (χ3n) is 2.55. The lowest BCUT2D eigenvalue weighted by molar-refractivity contribution is 0.0939. The van der Waals surface area contributed by atoms with Gasteiger partial charge in [-0.05, 0) is 31.5 Å². The first kappa shape index (κ1) is 12.0. The molecule has 18 heavy (non-hydrogen) atoms. The van der Waals surface area contributed by atoms with Crippen LogP contribution in [0.2, 0.25) is 0 Å². The highest BCUT2D eigenvalue weighted by Gasteiger charge is 2.16. The number of rotatable bonds is 3. The minimum atomic E-state index is -0.336. The van der Waals surface area contributed by atoms with Crippen LogP contribution < -0.4 is 11.1 Å². The van der Waals surface area contributed by atoms with Gasteiger partial charge in [0.2, 0.25) is 0 Å². The number of H-pyrrole nitrogens is 1. The molecule has 7 heteroatoms. The summed E-state index contributed by atoms with van der Waals surface area (Å²) >= 11 is 0. The number of nitrogens with one attached hydrogen (secondary N) is 2. The Labute approximate surface area is 104 Å². The van der Waals surface area contributed by atoms with E-state index in [2.05, 4.69) is 25.9 Å². The number of aromatic nitrogens is 4. The van der Waals surface area contributed by atoms with Gasteiger partial charge in [-0.2, -0.15) is 5.21 Å². The van der Waals surface area contributed by atoms with Crippen LogP contribution in [-0.2, 0) is 0 Å². The minimum absolute atomic E-state index is 0.259. The van der Waals surface area contributed by atoms with Crippen molar-refractivity contribution in [2.24, 2.45) is 0 Å². The third kappa shape index (κ3) is 2.45. The highest BCUT2D eigenvalue weighted by atomic mass is 16.1. The number of amides is 1. The van der Waals surface area contributed by atoms with E-state index in [0.717, 1.165) is 5.56 Å². The summed E-state index contributed by atoms with van der Waals surface area (Å²) in [5.41, 5.74) is 7.71. The Morgan fingerprint density at radius 1 is 1.50 bits per heavy atom. The molecule has 1 aromatic carbocycles. The van der Waals surface area contributed by atoms with Gasteiger partial charge < -0.3 is 11.1 Å². The smallest absolute Gasteiger partial charge is 0.253 e. The molecule has 0 aliphatic carbocycles. The molecule has 0 saturated heterocycles. The van der Waals surface area contributed by atoms with E-state index in [1.807, 2.05) is 13.0 Å². The van der Waals surface area contributed by atoms with Crippen molar-refractivity contribution in [3.63, 3.8) is 0 Å². The molecule has 0 aliphatic rings. The van der Waals surface area contributed by atoms with Gasteiger partial charge in [-0.15, -0.1) is 10.2 Å². The van der Waals surface area contributed by atoms with Crippen molar-refractivity contribution in [2.75, 3.05) is 5.73 Å². The number of tetrazole rings is 1. The van der Waals surface area contributed by atoms with Gasteiger partial charge in [0.25, 0.3) is 5.91 Å². The molecule has 0 radical (unpaired) electrons. The second kappa shape index (κ2) is 4.82. The van der Waals surface area contributed by atoms with Crippen LogP contribution in [0.5, 0.6) is 0 Å². The molecule has 2 rings (SSSR count). The van der Waals surface area contributed by atoms with Gasteiger partial charge in [-0.3, -0.25) is 4.79 Å². The van der Waals surface area contributed by atoms with E-state index in [-0.39, 0.29) is 11.9 Å². The highest BCUT2D eigenvalue weighted by Crippen LogP contribution is 2.15. The maximum Gasteiger partial charge on any atom is 0.253 e. The van der Waals surface area contributed by atoms with Crippen LogP contribution in [0.4, 0.5) is 5.69 Å². The fourth-order valence-corrected chi connectivity index (χ4v) is 1.58. The fourth-order valence-electron chi connectivity index (χ4n) is 1.58. The number of aromatic amines is 1. The first-order valence-corrected chi connectivity index (χ1v) is 5.48. The Kier molecular flexibility index (Phi) is 3.22. The molecular formula is C11H14N6O. The van der Waals surface area contributed by atoms with Crippen molar-refractivity contribution in [3.05, 3.63) is 35.2 Å². The number of nitrogens with zero attached hydrogens (tertiary/aromatic N) is 3. The Hall–Kier alpha value is -2.44. The second-order valence-corrected chi connectivity index (χ2v) is 4.06. The van der Waals surface area contributed by atoms with Crippen LogP contribution in [0.3, 0.4) is 0 Å². The number of hydrogen-bond donors (Lipinski definition) is 3. The predicted octanol–water partition coefficient (Wildman–Crippen LogP) is 0.581. The fraction of sp³-hybridized carbons (Fsp3) is 0.273. The van der Waals surface area contributed by atoms with E-state index in [9.17, 15) is 4.79 Å². The zero-order valence-electron chi connectivity index (χ0n) is 10.1. The van der Waals surface area contributed by atoms with E-state index in [4.69, 9.17) is 5.73 Å². The van der Waals surface area contributed by atoms with E-state index >= 15 is 0 Å². The molecule has 1 amide bonds. The van der Waals surface area contributed by atoms with Crippen LogP contribution >= 0.6 is 0 Å². The zero-order chi connectivity index (χ0) is 13.1. The Morgan fingerprint density at radius 2 is 2.28 bits per heavy atom. The largest absolute Gasteiger partial charge is 0.398 e. The summed E-state index contributed by atoms with van der Waals surface area (Å²) in [6.07, 6.45) is 0. The van der Waals surface area contributed by atoms with Gasteiger partial charge >= 0.3 is 0 Å². The third-order valence-corrected chi connectivity index (χ3v) is 2.55. The molecule has 0 saturated carbocycles. The standard InChI is InChI=1S/C11H14N6O/c1-6-3-4-8(9(12)5-6)11(18)13-7(2)10-14-16-17-15-10/h3-5,7H,12H2,1-2H3,(H,13,18)(H,14,15,16,17). The summed E-state index contributed by atoms with van der Waals surface area (Å²) in [5, 5.41) is 16.1. The SMILES string of the molecule is Cc1ccc(C(=O)NC(C)c2nn[nH]n2)c(N)c1. The molecule has 1 unspecified atom stereocenters. The molecule has 7 nitrogen and oxygen atoms in total. The average molecular weight is 246 g/mol. The molecule has 4 N–H and O–H groups in total. The number of nitrogens with two attached hydrogens (primary N) is 1. The van der Waals surface area contributed by atoms with Crippen molar-refractivity contribution in [1.29, 1.82) is 0 Å². The topological polar surface area (TPSA) is 110 Å². The number of benzene rings is 1. The average Bonchev–Trinajstić information content (AvgIpc) is 2.81. The summed E-state index contributed by atoms with van der Waals surface area (Å²) < 4.78 is 0. The van der Waals surface area contributed by atoms with Gasteiger partial charge in [0.05, 0.1) is 11.6 Å². The first-order valence-electron chi connectivity index (χ1n) is 5.48. The molecule has 0 spiro atoms. The summed E-state index contributed by atoms with van der Waals surface area (Å²) in [6.45, 7) is 3.69. The summed E-state index contributed by atoms with van der Waals surface area (Å²) in [4.78, 5) is 12.0. The Balaban J connectivity index is 2.12. The van der Waals surface area contributed by atoms with Crippen molar-refractivity contribution in [2.45, 2.75) is 19.9 Å². The summed E-state index contributed by atoms with van der Waals surface area (Å²) in [7, 11) is 0. The predicted molar refractivity (Wildman–Crippen MR) is 65.7 cm³/mol. The maximum absolute atomic E-state index is 12.0. The minimum Gasteiger partial charge on any atom is -0.398 e. The quantitative estimate of drug-likeness (QED) is 0.686. The van der Waals surface area contributed by atoms with Gasteiger partial charge in [-0.25, -0.2) is 0 Å². The van der Waals surface area contributed by atoms with Crippen molar-refractivity contribution in [1.82, 2.24) is 25.9 Å². The molecule has 1 atom stereocenters. The lowest BCUT2D eigenvalue weighted by Gasteiger charge is -2.11. The van der Waals surface area contributed by atoms with Crippen LogP contribution in [0.25, 0.3) is 0 Å². The molecule has 0 aliphatic heterocycles. The van der Waals surface area contributed by atoms with E-state index < -0.39 is 0 Å². The van der Waals surface area contributed by atoms with Gasteiger partial charge in [-0.1, -0.05) is 11.3 Å². The van der Waals surface area contributed by atoms with Crippen molar-refractivity contribution < 1.29 is 4.79 Å². The first-order chi connectivity index (χ1) is 8.58. The Bertz CT molecular complexity index is 551. The van der Waals surface area contributed by atoms with Gasteiger partial charge in [0.15, 0.2) is 5.82 Å². The Morgan fingerprint density at radius 3 is 2.89 bits per heavy atom. The number of hydrogen-bond acceptors (Lipinski definition) is 5. The number of aryl methyl sites for hydroxylation is 1. The van der Waals surface area contributed by atoms with Crippen molar-refractivity contribution in [3.8, 4) is 0 Å². The monoisotopic (exact) mass is 246 g/mol. The van der Waals surface area contributed by atoms with Gasteiger partial charge in [0.1, 0.15) is 0 Å². The maximum atomic E-state index is 12.0. The number of carbonyl (C=O) groups is 1. The molecule has 94 valence electrons. The van der Waals surface area contributed by atoms with E-state index in [0.29, 0.717) is 17.1 Å². The molecule has 2 aromatic rings. The highest BCUT2D eigenvalue weighted by molar-refractivity contribution is 5.99. The van der Waals surface area contributed by atoms with Crippen LogP contribution in [0, 0.1) is 6.92 Å². The number of anilines is 1. The molecule has 1 aromatic heterocycles. The van der Waals surface area contributed by atoms with E-state index in [1.165, 1.54) is 0 Å². The van der Waals surface area contributed by atoms with Crippen molar-refractivity contribution >= 4 is 11.6 Å². The summed E-state index contributed by atoms with van der Waals surface area (Å²) in [6, 6.07) is 4.96. The lowest BCUT2D eigenvalue weighted by Crippen LogP contribution is -2.28. The molecule has 0 fully saturated rings. The molecule has 1 heterocycles. The van der Waals surface area contributed by atoms with Gasteiger partial charge in [0, 0.05) is 5.69 Å². The normalized spacial score (nSPS) is 12.1. The lowest BCUT2D eigenvalue weighted by atomic mass is 10.1. The summed E-state index contributed by atoms with van der Waals surface area (Å²) in [5.74, 6) is 0.166. The molecule has 0 bridgehead atoms. The van der Waals surface area contributed by atoms with Crippen LogP contribution in [0.15, 0.2) is 18.2 Å². The van der Waals surface area contributed by atoms with Crippen LogP contribution in [0.1, 0.15) is 34.7 Å². The number of carbonyl (C=O) groups excluding carboxylic acids is 1. The van der Waals surface area contributed by atoms with Crippen LogP contribution in [-0.4, -0.2) is 26.5 Å². The zero-order valence-corrected chi connectivity index (χ0v) is 10.1. The number of nitrogen functional groups attached to an aromatic ring is 1. The van der Waals surface area contributed by atoms with E-state index in [1.54, 1.807) is 19.1 Å². The molecular weight excluding hydrogens is 232 g/mol. The second-order valence-electron chi connectivity index (χ2n) is 4.06.